The molecule has 0 bridgehead atoms. The molecule has 2 aromatic carbocycles. The molecule has 32 heavy (non-hydrogen) atoms. The summed E-state index contributed by atoms with van der Waals surface area (Å²) in [6.07, 6.45) is 1.09. The first-order valence-corrected chi connectivity index (χ1v) is 10.0. The second-order valence-corrected chi connectivity index (χ2v) is 7.02. The van der Waals surface area contributed by atoms with Gasteiger partial charge in [0.15, 0.2) is 0 Å². The number of carbonyl (C=O) groups is 2. The Bertz CT molecular complexity index is 1170. The average Bonchev–Trinajstić information content (AvgIpc) is 2.78. The number of hydrazine groups is 1. The van der Waals surface area contributed by atoms with Crippen molar-refractivity contribution >= 4 is 50.8 Å². The molecule has 0 atom stereocenters. The lowest BCUT2D eigenvalue weighted by atomic mass is 10.2. The topological polar surface area (TPSA) is 148 Å². The zero-order chi connectivity index (χ0) is 23.1. The van der Waals surface area contributed by atoms with Gasteiger partial charge in [-0.1, -0.05) is 18.2 Å². The Morgan fingerprint density at radius 1 is 1.12 bits per heavy atom. The van der Waals surface area contributed by atoms with Crippen LogP contribution < -0.4 is 16.2 Å². The van der Waals surface area contributed by atoms with Crippen molar-refractivity contribution in [2.45, 2.75) is 6.92 Å². The number of nitrogens with one attached hydrogen (secondary N) is 3. The van der Waals surface area contributed by atoms with E-state index in [9.17, 15) is 19.7 Å². The zero-order valence-corrected chi connectivity index (χ0v) is 18.3. The molecular weight excluding hydrogens is 484 g/mol. The maximum Gasteiger partial charge on any atom is 0.355 e. The van der Waals surface area contributed by atoms with Crippen LogP contribution in [0.3, 0.4) is 0 Å². The van der Waals surface area contributed by atoms with E-state index in [0.717, 1.165) is 6.33 Å². The van der Waals surface area contributed by atoms with Crippen LogP contribution in [0.4, 0.5) is 23.0 Å². The first kappa shape index (κ1) is 22.6. The lowest BCUT2D eigenvalue weighted by Crippen LogP contribution is -2.30. The summed E-state index contributed by atoms with van der Waals surface area (Å²) in [4.78, 5) is 43.1. The van der Waals surface area contributed by atoms with Gasteiger partial charge in [-0.3, -0.25) is 25.8 Å². The summed E-state index contributed by atoms with van der Waals surface area (Å²) in [5.74, 6) is -1.41. The summed E-state index contributed by atoms with van der Waals surface area (Å²) in [5.41, 5.74) is 5.32. The quantitative estimate of drug-likeness (QED) is 0.238. The highest BCUT2D eigenvalue weighted by Gasteiger charge is 2.24. The van der Waals surface area contributed by atoms with Crippen molar-refractivity contribution < 1.29 is 19.2 Å². The number of halogens is 1. The predicted octanol–water partition coefficient (Wildman–Crippen LogP) is 3.82. The van der Waals surface area contributed by atoms with E-state index in [4.69, 9.17) is 4.74 Å². The summed E-state index contributed by atoms with van der Waals surface area (Å²) < 4.78 is 5.52. The van der Waals surface area contributed by atoms with Crippen molar-refractivity contribution in [1.82, 2.24) is 15.4 Å². The first-order chi connectivity index (χ1) is 15.4. The Morgan fingerprint density at radius 3 is 2.59 bits per heavy atom. The van der Waals surface area contributed by atoms with Crippen LogP contribution in [-0.4, -0.2) is 33.4 Å². The van der Waals surface area contributed by atoms with Gasteiger partial charge in [-0.2, -0.15) is 0 Å². The van der Waals surface area contributed by atoms with Gasteiger partial charge in [0.2, 0.25) is 11.6 Å². The highest BCUT2D eigenvalue weighted by Crippen LogP contribution is 2.31. The standard InChI is InChI=1S/C20H17BrN6O5/c1-2-32-20(29)12-6-5-7-13(10-12)24-17-16(27(30)31)18(23-11-22-17)25-26-19(28)14-8-3-4-9-15(14)21/h3-11H,2H2,1H3,(H,26,28)(H2,22,23,24,25). The van der Waals surface area contributed by atoms with Crippen LogP contribution in [0.1, 0.15) is 27.6 Å². The molecule has 0 saturated heterocycles. The Morgan fingerprint density at radius 2 is 1.88 bits per heavy atom. The Balaban J connectivity index is 1.83. The molecule has 1 amide bonds. The van der Waals surface area contributed by atoms with E-state index in [1.54, 1.807) is 49.4 Å². The lowest BCUT2D eigenvalue weighted by molar-refractivity contribution is -0.383. The fourth-order valence-corrected chi connectivity index (χ4v) is 3.10. The molecule has 1 aromatic heterocycles. The fraction of sp³-hybridized carbons (Fsp3) is 0.100. The van der Waals surface area contributed by atoms with Gasteiger partial charge in [-0.05, 0) is 53.2 Å². The van der Waals surface area contributed by atoms with Gasteiger partial charge in [0.1, 0.15) is 6.33 Å². The van der Waals surface area contributed by atoms with E-state index in [1.165, 1.54) is 6.07 Å². The van der Waals surface area contributed by atoms with Crippen LogP contribution in [0.15, 0.2) is 59.3 Å². The third-order valence-corrected chi connectivity index (χ3v) is 4.75. The molecule has 3 N–H and O–H groups in total. The monoisotopic (exact) mass is 500 g/mol. The molecule has 11 nitrogen and oxygen atoms in total. The van der Waals surface area contributed by atoms with E-state index in [1.807, 2.05) is 0 Å². The number of benzene rings is 2. The van der Waals surface area contributed by atoms with Crippen molar-refractivity contribution in [3.05, 3.63) is 80.6 Å². The molecular formula is C20H17BrN6O5. The van der Waals surface area contributed by atoms with Crippen LogP contribution in [0.2, 0.25) is 0 Å². The second-order valence-electron chi connectivity index (χ2n) is 6.16. The van der Waals surface area contributed by atoms with Crippen molar-refractivity contribution in [3.8, 4) is 0 Å². The summed E-state index contributed by atoms with van der Waals surface area (Å²) in [6.45, 7) is 1.90. The van der Waals surface area contributed by atoms with Gasteiger partial charge < -0.3 is 10.1 Å². The smallest absolute Gasteiger partial charge is 0.355 e. The summed E-state index contributed by atoms with van der Waals surface area (Å²) in [6, 6.07) is 12.9. The lowest BCUT2D eigenvalue weighted by Gasteiger charge is -2.12. The van der Waals surface area contributed by atoms with Gasteiger partial charge in [0, 0.05) is 10.2 Å². The molecule has 1 heterocycles. The molecule has 0 fully saturated rings. The number of anilines is 3. The number of amides is 1. The minimum atomic E-state index is -0.690. The van der Waals surface area contributed by atoms with Gasteiger partial charge in [0.05, 0.1) is 22.7 Å². The van der Waals surface area contributed by atoms with Crippen molar-refractivity contribution in [2.75, 3.05) is 17.3 Å². The van der Waals surface area contributed by atoms with E-state index < -0.39 is 22.5 Å². The molecule has 0 saturated carbocycles. The largest absolute Gasteiger partial charge is 0.462 e. The molecule has 0 spiro atoms. The van der Waals surface area contributed by atoms with Crippen LogP contribution in [0.5, 0.6) is 0 Å². The van der Waals surface area contributed by atoms with Gasteiger partial charge in [-0.15, -0.1) is 0 Å². The number of nitrogens with zero attached hydrogens (tertiary/aromatic N) is 3. The number of hydrogen-bond donors (Lipinski definition) is 3. The molecule has 0 aliphatic carbocycles. The van der Waals surface area contributed by atoms with E-state index in [-0.39, 0.29) is 23.8 Å². The molecule has 0 aliphatic heterocycles. The number of aromatic nitrogens is 2. The number of esters is 1. The number of hydrogen-bond acceptors (Lipinski definition) is 9. The Kier molecular flexibility index (Phi) is 7.29. The van der Waals surface area contributed by atoms with Crippen molar-refractivity contribution in [3.63, 3.8) is 0 Å². The highest BCUT2D eigenvalue weighted by atomic mass is 79.9. The summed E-state index contributed by atoms with van der Waals surface area (Å²) in [7, 11) is 0. The van der Waals surface area contributed by atoms with Crippen molar-refractivity contribution in [1.29, 1.82) is 0 Å². The molecule has 0 unspecified atom stereocenters. The minimum absolute atomic E-state index is 0.136. The first-order valence-electron chi connectivity index (χ1n) is 9.25. The summed E-state index contributed by atoms with van der Waals surface area (Å²) >= 11 is 3.27. The van der Waals surface area contributed by atoms with Crippen LogP contribution in [0.25, 0.3) is 0 Å². The molecule has 0 aliphatic rings. The molecule has 164 valence electrons. The average molecular weight is 501 g/mol. The zero-order valence-electron chi connectivity index (χ0n) is 16.7. The summed E-state index contributed by atoms with van der Waals surface area (Å²) in [5, 5.41) is 14.5. The molecule has 3 aromatic rings. The van der Waals surface area contributed by atoms with Gasteiger partial charge >= 0.3 is 11.7 Å². The number of nitro groups is 1. The maximum atomic E-state index is 12.4. The number of rotatable bonds is 8. The Hall–Kier alpha value is -4.06. The fourth-order valence-electron chi connectivity index (χ4n) is 2.64. The number of ether oxygens (including phenoxy) is 1. The normalized spacial score (nSPS) is 10.2. The predicted molar refractivity (Wildman–Crippen MR) is 120 cm³/mol. The Labute approximate surface area is 190 Å². The van der Waals surface area contributed by atoms with Crippen LogP contribution >= 0.6 is 15.9 Å². The highest BCUT2D eigenvalue weighted by molar-refractivity contribution is 9.10. The van der Waals surface area contributed by atoms with Crippen molar-refractivity contribution in [2.24, 2.45) is 0 Å². The number of carbonyl (C=O) groups excluding carboxylic acids is 2. The minimum Gasteiger partial charge on any atom is -0.462 e. The van der Waals surface area contributed by atoms with E-state index >= 15 is 0 Å². The molecule has 3 rings (SSSR count). The van der Waals surface area contributed by atoms with E-state index in [0.29, 0.717) is 15.7 Å². The molecule has 0 radical (unpaired) electrons. The van der Waals surface area contributed by atoms with Crippen LogP contribution in [0, 0.1) is 10.1 Å². The van der Waals surface area contributed by atoms with E-state index in [2.05, 4.69) is 42.1 Å². The third kappa shape index (κ3) is 5.35. The SMILES string of the molecule is CCOC(=O)c1cccc(Nc2ncnc(NNC(=O)c3ccccc3Br)c2[N+](=O)[O-])c1. The third-order valence-electron chi connectivity index (χ3n) is 4.05. The maximum absolute atomic E-state index is 12.4. The van der Waals surface area contributed by atoms with Crippen LogP contribution in [-0.2, 0) is 4.74 Å². The van der Waals surface area contributed by atoms with Gasteiger partial charge in [-0.25, -0.2) is 14.8 Å². The molecule has 12 heteroatoms. The van der Waals surface area contributed by atoms with Gasteiger partial charge in [0.25, 0.3) is 5.91 Å². The second kappa shape index (κ2) is 10.3.